The first kappa shape index (κ1) is 16.2. The Bertz CT molecular complexity index is 532. The van der Waals surface area contributed by atoms with Crippen LogP contribution in [0.3, 0.4) is 0 Å². The summed E-state index contributed by atoms with van der Waals surface area (Å²) in [7, 11) is 4.81. The van der Waals surface area contributed by atoms with Crippen LogP contribution in [-0.4, -0.2) is 55.6 Å². The van der Waals surface area contributed by atoms with Crippen molar-refractivity contribution >= 4 is 17.5 Å². The lowest BCUT2D eigenvalue weighted by molar-refractivity contribution is -0.141. The average molecular weight is 307 g/mol. The van der Waals surface area contributed by atoms with Crippen molar-refractivity contribution in [1.29, 1.82) is 0 Å². The van der Waals surface area contributed by atoms with Crippen LogP contribution in [0.2, 0.25) is 0 Å². The molecule has 0 bridgehead atoms. The molecule has 1 N–H and O–H groups in total. The van der Waals surface area contributed by atoms with Gasteiger partial charge in [-0.1, -0.05) is 0 Å². The number of aromatic nitrogens is 1. The molecule has 1 saturated heterocycles. The predicted molar refractivity (Wildman–Crippen MR) is 80.6 cm³/mol. The van der Waals surface area contributed by atoms with Gasteiger partial charge in [0.2, 0.25) is 17.7 Å². The van der Waals surface area contributed by atoms with E-state index >= 15 is 0 Å². The van der Waals surface area contributed by atoms with Gasteiger partial charge in [-0.25, -0.2) is 4.98 Å². The van der Waals surface area contributed by atoms with Crippen molar-refractivity contribution in [1.82, 2.24) is 9.88 Å². The fourth-order valence-corrected chi connectivity index (χ4v) is 2.62. The van der Waals surface area contributed by atoms with Crippen molar-refractivity contribution in [3.8, 4) is 5.88 Å². The molecule has 1 aliphatic rings. The fourth-order valence-electron chi connectivity index (χ4n) is 2.62. The number of carbonyl (C=O) groups excluding carboxylic acids is 2. The monoisotopic (exact) mass is 307 g/mol. The van der Waals surface area contributed by atoms with Crippen molar-refractivity contribution in [2.45, 2.75) is 18.9 Å². The summed E-state index contributed by atoms with van der Waals surface area (Å²) >= 11 is 0. The van der Waals surface area contributed by atoms with E-state index in [0.717, 1.165) is 0 Å². The van der Waals surface area contributed by atoms with Gasteiger partial charge in [-0.2, -0.15) is 0 Å². The Hall–Kier alpha value is -2.15. The van der Waals surface area contributed by atoms with Crippen LogP contribution in [0.1, 0.15) is 12.8 Å². The number of nitrogens with one attached hydrogen (secondary N) is 1. The molecule has 2 atom stereocenters. The number of piperidine rings is 1. The standard InChI is InChI=1S/C15H21N3O4/c1-18-12(9-21-2)11(5-7-14(18)19)15(20)17-10-4-6-13(22-3)16-8-10/h4,6,8,11-12H,5,7,9H2,1-3H3,(H,17,20)/t11-,12-/m1/s1. The minimum Gasteiger partial charge on any atom is -0.481 e. The molecule has 0 aliphatic carbocycles. The van der Waals surface area contributed by atoms with Gasteiger partial charge in [-0.05, 0) is 12.5 Å². The molecule has 2 rings (SSSR count). The number of pyridine rings is 1. The van der Waals surface area contributed by atoms with Crippen molar-refractivity contribution in [2.24, 2.45) is 5.92 Å². The van der Waals surface area contributed by atoms with Gasteiger partial charge in [-0.15, -0.1) is 0 Å². The highest BCUT2D eigenvalue weighted by Crippen LogP contribution is 2.25. The number of likely N-dealkylation sites (tertiary alicyclic amines) is 1. The second kappa shape index (κ2) is 7.22. The number of hydrogen-bond donors (Lipinski definition) is 1. The van der Waals surface area contributed by atoms with E-state index in [9.17, 15) is 9.59 Å². The van der Waals surface area contributed by atoms with Crippen LogP contribution in [0.15, 0.2) is 18.3 Å². The van der Waals surface area contributed by atoms with Gasteiger partial charge < -0.3 is 19.7 Å². The van der Waals surface area contributed by atoms with Gasteiger partial charge in [0.1, 0.15) is 0 Å². The van der Waals surface area contributed by atoms with Crippen molar-refractivity contribution in [2.75, 3.05) is 33.2 Å². The smallest absolute Gasteiger partial charge is 0.229 e. The number of hydrogen-bond acceptors (Lipinski definition) is 5. The fraction of sp³-hybridized carbons (Fsp3) is 0.533. The molecular formula is C15H21N3O4. The largest absolute Gasteiger partial charge is 0.481 e. The lowest BCUT2D eigenvalue weighted by Crippen LogP contribution is -2.52. The average Bonchev–Trinajstić information content (AvgIpc) is 2.53. The molecule has 7 nitrogen and oxygen atoms in total. The Morgan fingerprint density at radius 1 is 1.45 bits per heavy atom. The third kappa shape index (κ3) is 3.54. The van der Waals surface area contributed by atoms with Crippen LogP contribution in [0, 0.1) is 5.92 Å². The highest BCUT2D eigenvalue weighted by Gasteiger charge is 2.37. The normalized spacial score (nSPS) is 21.6. The van der Waals surface area contributed by atoms with Gasteiger partial charge in [0.15, 0.2) is 0 Å². The van der Waals surface area contributed by atoms with E-state index in [0.29, 0.717) is 31.0 Å². The molecule has 0 unspecified atom stereocenters. The summed E-state index contributed by atoms with van der Waals surface area (Å²) in [5.41, 5.74) is 0.599. The van der Waals surface area contributed by atoms with Crippen LogP contribution >= 0.6 is 0 Å². The van der Waals surface area contributed by atoms with Gasteiger partial charge in [0.05, 0.1) is 37.6 Å². The van der Waals surface area contributed by atoms with E-state index in [1.807, 2.05) is 0 Å². The molecule has 0 spiro atoms. The highest BCUT2D eigenvalue weighted by molar-refractivity contribution is 5.94. The number of likely N-dealkylation sites (N-methyl/N-ethyl adjacent to an activating group) is 1. The van der Waals surface area contributed by atoms with Crippen molar-refractivity contribution < 1.29 is 19.1 Å². The van der Waals surface area contributed by atoms with E-state index in [-0.39, 0.29) is 23.8 Å². The zero-order valence-corrected chi connectivity index (χ0v) is 13.0. The third-order valence-corrected chi connectivity index (χ3v) is 3.91. The molecule has 1 fully saturated rings. The number of anilines is 1. The Morgan fingerprint density at radius 3 is 2.82 bits per heavy atom. The molecule has 0 radical (unpaired) electrons. The molecule has 2 amide bonds. The van der Waals surface area contributed by atoms with Crippen molar-refractivity contribution in [3.63, 3.8) is 0 Å². The molecule has 7 heteroatoms. The zero-order valence-electron chi connectivity index (χ0n) is 13.0. The van der Waals surface area contributed by atoms with E-state index < -0.39 is 0 Å². The van der Waals surface area contributed by atoms with E-state index in [1.54, 1.807) is 37.4 Å². The summed E-state index contributed by atoms with van der Waals surface area (Å²) in [6, 6.07) is 3.16. The van der Waals surface area contributed by atoms with E-state index in [1.165, 1.54) is 7.11 Å². The number of ether oxygens (including phenoxy) is 2. The summed E-state index contributed by atoms with van der Waals surface area (Å²) in [4.78, 5) is 29.9. The highest BCUT2D eigenvalue weighted by atomic mass is 16.5. The molecule has 120 valence electrons. The predicted octanol–water partition coefficient (Wildman–Crippen LogP) is 0.912. The number of methoxy groups -OCH3 is 2. The van der Waals surface area contributed by atoms with Crippen LogP contribution in [0.4, 0.5) is 5.69 Å². The number of nitrogens with zero attached hydrogens (tertiary/aromatic N) is 2. The van der Waals surface area contributed by atoms with Gasteiger partial charge in [0, 0.05) is 26.6 Å². The first-order chi connectivity index (χ1) is 10.6. The van der Waals surface area contributed by atoms with Gasteiger partial charge in [0.25, 0.3) is 0 Å². The Balaban J connectivity index is 2.07. The number of rotatable bonds is 5. The first-order valence-corrected chi connectivity index (χ1v) is 7.12. The first-order valence-electron chi connectivity index (χ1n) is 7.12. The maximum atomic E-state index is 12.5. The molecule has 1 aliphatic heterocycles. The zero-order chi connectivity index (χ0) is 16.1. The van der Waals surface area contributed by atoms with Crippen molar-refractivity contribution in [3.05, 3.63) is 18.3 Å². The Morgan fingerprint density at radius 2 is 2.23 bits per heavy atom. The minimum absolute atomic E-state index is 0.0391. The summed E-state index contributed by atoms with van der Waals surface area (Å²) < 4.78 is 10.1. The quantitative estimate of drug-likeness (QED) is 0.874. The summed E-state index contributed by atoms with van der Waals surface area (Å²) in [6.07, 6.45) is 2.43. The van der Waals surface area contributed by atoms with E-state index in [2.05, 4.69) is 10.3 Å². The van der Waals surface area contributed by atoms with Crippen LogP contribution in [-0.2, 0) is 14.3 Å². The van der Waals surface area contributed by atoms with Crippen LogP contribution in [0.25, 0.3) is 0 Å². The lowest BCUT2D eigenvalue weighted by Gasteiger charge is -2.37. The van der Waals surface area contributed by atoms with Crippen LogP contribution in [0.5, 0.6) is 5.88 Å². The van der Waals surface area contributed by atoms with Gasteiger partial charge >= 0.3 is 0 Å². The SMILES string of the molecule is COC[C@@H]1[C@H](C(=O)Nc2ccc(OC)nc2)CCC(=O)N1C. The second-order valence-electron chi connectivity index (χ2n) is 5.25. The maximum Gasteiger partial charge on any atom is 0.229 e. The number of amides is 2. The minimum atomic E-state index is -0.301. The van der Waals surface area contributed by atoms with E-state index in [4.69, 9.17) is 9.47 Å². The number of carbonyl (C=O) groups is 2. The maximum absolute atomic E-state index is 12.5. The molecule has 0 aromatic carbocycles. The summed E-state index contributed by atoms with van der Waals surface area (Å²) in [5.74, 6) is 0.0913. The Kier molecular flexibility index (Phi) is 5.32. The molecule has 1 aromatic heterocycles. The topological polar surface area (TPSA) is 80.8 Å². The third-order valence-electron chi connectivity index (χ3n) is 3.91. The lowest BCUT2D eigenvalue weighted by atomic mass is 9.88. The van der Waals surface area contributed by atoms with Crippen LogP contribution < -0.4 is 10.1 Å². The summed E-state index contributed by atoms with van der Waals surface area (Å²) in [5, 5.41) is 2.84. The molecule has 0 saturated carbocycles. The Labute approximate surface area is 129 Å². The van der Waals surface area contributed by atoms with Gasteiger partial charge in [-0.3, -0.25) is 9.59 Å². The molecular weight excluding hydrogens is 286 g/mol. The summed E-state index contributed by atoms with van der Waals surface area (Å²) in [6.45, 7) is 0.335. The second-order valence-corrected chi connectivity index (χ2v) is 5.25. The molecule has 1 aromatic rings. The molecule has 22 heavy (non-hydrogen) atoms. The molecule has 2 heterocycles.